The van der Waals surface area contributed by atoms with Crippen molar-refractivity contribution >= 4 is 16.7 Å². The largest absolute Gasteiger partial charge is 0.425 e. The highest BCUT2D eigenvalue weighted by atomic mass is 16.9. The number of hydrogen-bond donors (Lipinski definition) is 0. The molecule has 2 aromatic rings. The van der Waals surface area contributed by atoms with E-state index in [2.05, 4.69) is 0 Å². The summed E-state index contributed by atoms with van der Waals surface area (Å²) in [7, 11) is 0. The second kappa shape index (κ2) is 6.48. The Bertz CT molecular complexity index is 953. The zero-order chi connectivity index (χ0) is 20.4. The molecule has 0 aromatic heterocycles. The molecule has 0 N–H and O–H groups in total. The zero-order valence-corrected chi connectivity index (χ0v) is 16.8. The molecule has 2 aromatic carbocycles. The topological polar surface area (TPSA) is 72.5 Å². The summed E-state index contributed by atoms with van der Waals surface area (Å²) >= 11 is 0. The number of carbonyl (C=O) groups is 1. The van der Waals surface area contributed by atoms with E-state index in [1.807, 2.05) is 36.4 Å². The molecule has 7 nitrogen and oxygen atoms in total. The van der Waals surface area contributed by atoms with Gasteiger partial charge in [-0.3, -0.25) is 0 Å². The van der Waals surface area contributed by atoms with Gasteiger partial charge in [-0.25, -0.2) is 4.79 Å². The van der Waals surface area contributed by atoms with Crippen LogP contribution in [0.2, 0.25) is 0 Å². The summed E-state index contributed by atoms with van der Waals surface area (Å²) in [4.78, 5) is 13.0. The van der Waals surface area contributed by atoms with Gasteiger partial charge in [0.1, 0.15) is 24.1 Å². The van der Waals surface area contributed by atoms with E-state index < -0.39 is 48.2 Å². The Morgan fingerprint density at radius 2 is 1.48 bits per heavy atom. The first kappa shape index (κ1) is 19.0. The molecule has 0 spiro atoms. The average molecular weight is 400 g/mol. The number of esters is 1. The van der Waals surface area contributed by atoms with Gasteiger partial charge in [-0.2, -0.15) is 0 Å². The Labute approximate surface area is 168 Å². The maximum atomic E-state index is 13.0. The quantitative estimate of drug-likeness (QED) is 0.566. The van der Waals surface area contributed by atoms with Crippen LogP contribution in [0, 0.1) is 0 Å². The van der Waals surface area contributed by atoms with E-state index in [-0.39, 0.29) is 0 Å². The predicted octanol–water partition coefficient (Wildman–Crippen LogP) is 3.14. The van der Waals surface area contributed by atoms with Crippen LogP contribution in [0.4, 0.5) is 0 Å². The van der Waals surface area contributed by atoms with Gasteiger partial charge in [-0.1, -0.05) is 30.3 Å². The minimum atomic E-state index is -0.994. The van der Waals surface area contributed by atoms with E-state index in [4.69, 9.17) is 28.4 Å². The number of benzene rings is 2. The van der Waals surface area contributed by atoms with E-state index in [0.717, 1.165) is 10.8 Å². The monoisotopic (exact) mass is 400 g/mol. The Kier molecular flexibility index (Phi) is 4.24. The fourth-order valence-electron chi connectivity index (χ4n) is 4.21. The maximum Gasteiger partial charge on any atom is 0.343 e. The third-order valence-corrected chi connectivity index (χ3v) is 5.33. The molecule has 5 atom stereocenters. The molecule has 3 aliphatic rings. The van der Waals surface area contributed by atoms with E-state index in [1.165, 1.54) is 0 Å². The van der Waals surface area contributed by atoms with Crippen molar-refractivity contribution in [1.82, 2.24) is 0 Å². The zero-order valence-electron chi connectivity index (χ0n) is 16.8. The standard InChI is InChI=1S/C22H24O7/c1-21(2)26-15-16(27-21)18-20(29-22(3,4)28-18)25-17(15)19(23)24-14-10-9-12-7-5-6-8-13(12)11-14/h5-11,15-18,20H,1-4H3/t15-,16-,17+,18-,20+/m1/s1. The third-order valence-electron chi connectivity index (χ3n) is 5.33. The van der Waals surface area contributed by atoms with Gasteiger partial charge >= 0.3 is 5.97 Å². The molecule has 3 fully saturated rings. The Balaban J connectivity index is 1.40. The van der Waals surface area contributed by atoms with Crippen LogP contribution < -0.4 is 4.74 Å². The molecule has 3 saturated heterocycles. The highest BCUT2D eigenvalue weighted by molar-refractivity contribution is 5.85. The first-order valence-electron chi connectivity index (χ1n) is 9.78. The second-order valence-corrected chi connectivity index (χ2v) is 8.52. The van der Waals surface area contributed by atoms with Gasteiger partial charge in [-0.05, 0) is 50.6 Å². The molecular weight excluding hydrogens is 376 g/mol. The lowest BCUT2D eigenvalue weighted by molar-refractivity contribution is -0.236. The molecule has 3 heterocycles. The highest BCUT2D eigenvalue weighted by Gasteiger charge is 2.62. The number of rotatable bonds is 2. The number of carbonyl (C=O) groups excluding carboxylic acids is 1. The van der Waals surface area contributed by atoms with E-state index in [9.17, 15) is 4.79 Å². The van der Waals surface area contributed by atoms with E-state index in [1.54, 1.807) is 33.8 Å². The molecule has 0 saturated carbocycles. The normalized spacial score (nSPS) is 34.6. The minimum absolute atomic E-state index is 0.443. The summed E-state index contributed by atoms with van der Waals surface area (Å²) < 4.78 is 35.4. The molecule has 7 heteroatoms. The second-order valence-electron chi connectivity index (χ2n) is 8.52. The van der Waals surface area contributed by atoms with Crippen molar-refractivity contribution in [3.8, 4) is 5.75 Å². The van der Waals surface area contributed by atoms with Crippen LogP contribution in [-0.4, -0.2) is 48.2 Å². The molecule has 0 aliphatic carbocycles. The van der Waals surface area contributed by atoms with Gasteiger partial charge in [-0.15, -0.1) is 0 Å². The summed E-state index contributed by atoms with van der Waals surface area (Å²) in [6.45, 7) is 7.19. The minimum Gasteiger partial charge on any atom is -0.425 e. The highest BCUT2D eigenvalue weighted by Crippen LogP contribution is 2.44. The van der Waals surface area contributed by atoms with Crippen LogP contribution in [0.15, 0.2) is 42.5 Å². The fourth-order valence-corrected chi connectivity index (χ4v) is 4.21. The first-order chi connectivity index (χ1) is 13.7. The summed E-state index contributed by atoms with van der Waals surface area (Å²) in [6.07, 6.45) is -3.37. The number of fused-ring (bicyclic) bond motifs is 4. The lowest BCUT2D eigenvalue weighted by Gasteiger charge is -2.35. The van der Waals surface area contributed by atoms with Gasteiger partial charge < -0.3 is 28.4 Å². The summed E-state index contributed by atoms with van der Waals surface area (Å²) in [5.41, 5.74) is 0. The Hall–Kier alpha value is -2.03. The SMILES string of the molecule is CC1(C)O[C@@H]2[C@@H](O1)[C@@H](C(=O)Oc1ccc3ccccc3c1)O[C@H]1OC(C)(C)O[C@@H]12. The summed E-state index contributed by atoms with van der Waals surface area (Å²) in [5, 5.41) is 2.05. The van der Waals surface area contributed by atoms with Gasteiger partial charge in [0.25, 0.3) is 0 Å². The maximum absolute atomic E-state index is 13.0. The molecular formula is C22H24O7. The molecule has 0 bridgehead atoms. The van der Waals surface area contributed by atoms with Crippen LogP contribution in [-0.2, 0) is 28.5 Å². The van der Waals surface area contributed by atoms with Gasteiger partial charge in [0.05, 0.1) is 0 Å². The average Bonchev–Trinajstić information content (AvgIpc) is 3.14. The fraction of sp³-hybridized carbons (Fsp3) is 0.500. The van der Waals surface area contributed by atoms with Crippen molar-refractivity contribution in [3.63, 3.8) is 0 Å². The Morgan fingerprint density at radius 3 is 2.28 bits per heavy atom. The van der Waals surface area contributed by atoms with Crippen molar-refractivity contribution in [2.75, 3.05) is 0 Å². The van der Waals surface area contributed by atoms with E-state index in [0.29, 0.717) is 5.75 Å². The molecule has 0 amide bonds. The molecule has 3 aliphatic heterocycles. The van der Waals surface area contributed by atoms with Crippen molar-refractivity contribution < 1.29 is 33.2 Å². The van der Waals surface area contributed by atoms with Crippen molar-refractivity contribution in [2.24, 2.45) is 0 Å². The molecule has 5 rings (SSSR count). The molecule has 29 heavy (non-hydrogen) atoms. The molecule has 0 unspecified atom stereocenters. The first-order valence-corrected chi connectivity index (χ1v) is 9.78. The molecule has 0 radical (unpaired) electrons. The lowest BCUT2D eigenvalue weighted by atomic mass is 9.99. The van der Waals surface area contributed by atoms with Crippen LogP contribution >= 0.6 is 0 Å². The Morgan fingerprint density at radius 1 is 0.828 bits per heavy atom. The summed E-state index contributed by atoms with van der Waals surface area (Å²) in [6, 6.07) is 13.4. The third kappa shape index (κ3) is 3.43. The predicted molar refractivity (Wildman–Crippen MR) is 102 cm³/mol. The van der Waals surface area contributed by atoms with Crippen LogP contribution in [0.5, 0.6) is 5.75 Å². The number of ether oxygens (including phenoxy) is 6. The van der Waals surface area contributed by atoms with Gasteiger partial charge in [0, 0.05) is 0 Å². The smallest absolute Gasteiger partial charge is 0.343 e. The summed E-state index contributed by atoms with van der Waals surface area (Å²) in [5.74, 6) is -1.82. The van der Waals surface area contributed by atoms with Crippen molar-refractivity contribution in [1.29, 1.82) is 0 Å². The van der Waals surface area contributed by atoms with Crippen molar-refractivity contribution in [2.45, 2.75) is 70.0 Å². The van der Waals surface area contributed by atoms with Crippen LogP contribution in [0.1, 0.15) is 27.7 Å². The van der Waals surface area contributed by atoms with Crippen molar-refractivity contribution in [3.05, 3.63) is 42.5 Å². The molecule has 154 valence electrons. The van der Waals surface area contributed by atoms with Crippen LogP contribution in [0.3, 0.4) is 0 Å². The van der Waals surface area contributed by atoms with E-state index >= 15 is 0 Å². The van der Waals surface area contributed by atoms with Crippen LogP contribution in [0.25, 0.3) is 10.8 Å². The number of hydrogen-bond acceptors (Lipinski definition) is 7. The lowest BCUT2D eigenvalue weighted by Crippen LogP contribution is -2.58. The van der Waals surface area contributed by atoms with Gasteiger partial charge in [0.2, 0.25) is 0 Å². The van der Waals surface area contributed by atoms with Gasteiger partial charge in [0.15, 0.2) is 24.0 Å².